The summed E-state index contributed by atoms with van der Waals surface area (Å²) in [5, 5.41) is 3.66. The van der Waals surface area contributed by atoms with Gasteiger partial charge in [-0.15, -0.1) is 0 Å². The molecule has 1 aromatic rings. The minimum atomic E-state index is 0.233. The first-order valence-corrected chi connectivity index (χ1v) is 7.11. The third-order valence-corrected chi connectivity index (χ3v) is 3.97. The summed E-state index contributed by atoms with van der Waals surface area (Å²) >= 11 is 0. The molecule has 1 fully saturated rings. The molecule has 1 N–H and O–H groups in total. The zero-order chi connectivity index (χ0) is 13.7. The van der Waals surface area contributed by atoms with Gasteiger partial charge in [0.15, 0.2) is 0 Å². The van der Waals surface area contributed by atoms with Crippen molar-refractivity contribution >= 4 is 0 Å². The van der Waals surface area contributed by atoms with E-state index in [0.29, 0.717) is 5.88 Å². The summed E-state index contributed by atoms with van der Waals surface area (Å²) in [5.74, 6) is 0.680. The van der Waals surface area contributed by atoms with E-state index in [1.54, 1.807) is 7.11 Å². The van der Waals surface area contributed by atoms with Crippen molar-refractivity contribution in [2.45, 2.75) is 38.8 Å². The molecule has 0 radical (unpaired) electrons. The summed E-state index contributed by atoms with van der Waals surface area (Å²) in [6.07, 6.45) is 4.28. The molecule has 0 aliphatic carbocycles. The first kappa shape index (κ1) is 14.3. The summed E-state index contributed by atoms with van der Waals surface area (Å²) in [7, 11) is 1.65. The van der Waals surface area contributed by atoms with Crippen molar-refractivity contribution < 1.29 is 4.74 Å². The molecule has 1 aromatic heterocycles. The average Bonchev–Trinajstić information content (AvgIpc) is 2.62. The van der Waals surface area contributed by atoms with Crippen LogP contribution < -0.4 is 10.1 Å². The summed E-state index contributed by atoms with van der Waals surface area (Å²) in [6, 6.07) is 4.04. The van der Waals surface area contributed by atoms with Gasteiger partial charge in [-0.1, -0.05) is 13.0 Å². The SMILES string of the molecule is CCC1(C)CN(Cc2ccc(OC)nc2)CCCN1. The van der Waals surface area contributed by atoms with Gasteiger partial charge in [0, 0.05) is 30.9 Å². The van der Waals surface area contributed by atoms with Crippen LogP contribution in [0.15, 0.2) is 18.3 Å². The van der Waals surface area contributed by atoms with Gasteiger partial charge in [-0.2, -0.15) is 0 Å². The van der Waals surface area contributed by atoms with Gasteiger partial charge >= 0.3 is 0 Å². The monoisotopic (exact) mass is 263 g/mol. The van der Waals surface area contributed by atoms with E-state index < -0.39 is 0 Å². The Hall–Kier alpha value is -1.13. The summed E-state index contributed by atoms with van der Waals surface area (Å²) in [4.78, 5) is 6.80. The van der Waals surface area contributed by atoms with Gasteiger partial charge < -0.3 is 10.1 Å². The number of aromatic nitrogens is 1. The van der Waals surface area contributed by atoms with E-state index in [0.717, 1.165) is 32.6 Å². The lowest BCUT2D eigenvalue weighted by molar-refractivity contribution is 0.208. The highest BCUT2D eigenvalue weighted by molar-refractivity contribution is 5.17. The van der Waals surface area contributed by atoms with Crippen LogP contribution in [-0.2, 0) is 6.54 Å². The van der Waals surface area contributed by atoms with Crippen molar-refractivity contribution in [2.75, 3.05) is 26.7 Å². The van der Waals surface area contributed by atoms with E-state index >= 15 is 0 Å². The number of methoxy groups -OCH3 is 1. The van der Waals surface area contributed by atoms with Crippen LogP contribution in [0.1, 0.15) is 32.3 Å². The number of nitrogens with zero attached hydrogens (tertiary/aromatic N) is 2. The van der Waals surface area contributed by atoms with Crippen LogP contribution in [0.5, 0.6) is 5.88 Å². The molecule has 1 saturated heterocycles. The minimum absolute atomic E-state index is 0.233. The molecule has 0 bridgehead atoms. The van der Waals surface area contributed by atoms with E-state index in [1.807, 2.05) is 12.3 Å². The zero-order valence-corrected chi connectivity index (χ0v) is 12.3. The van der Waals surface area contributed by atoms with E-state index in [2.05, 4.69) is 35.1 Å². The van der Waals surface area contributed by atoms with E-state index in [4.69, 9.17) is 4.74 Å². The zero-order valence-electron chi connectivity index (χ0n) is 12.3. The predicted molar refractivity (Wildman–Crippen MR) is 77.4 cm³/mol. The third-order valence-electron chi connectivity index (χ3n) is 3.97. The van der Waals surface area contributed by atoms with Gasteiger partial charge in [-0.3, -0.25) is 4.90 Å². The molecule has 1 unspecified atom stereocenters. The standard InChI is InChI=1S/C15H25N3O/c1-4-15(2)12-18(9-5-8-17-15)11-13-6-7-14(19-3)16-10-13/h6-7,10,17H,4-5,8-9,11-12H2,1-3H3. The summed E-state index contributed by atoms with van der Waals surface area (Å²) < 4.78 is 5.09. The van der Waals surface area contributed by atoms with Crippen LogP contribution in [-0.4, -0.2) is 42.2 Å². The molecule has 1 atom stereocenters. The summed E-state index contributed by atoms with van der Waals surface area (Å²) in [6.45, 7) is 8.89. The van der Waals surface area contributed by atoms with Crippen molar-refractivity contribution in [1.29, 1.82) is 0 Å². The smallest absolute Gasteiger partial charge is 0.212 e. The first-order valence-electron chi connectivity index (χ1n) is 7.11. The van der Waals surface area contributed by atoms with Crippen LogP contribution in [0.2, 0.25) is 0 Å². The molecule has 4 nitrogen and oxygen atoms in total. The van der Waals surface area contributed by atoms with Crippen molar-refractivity contribution in [3.8, 4) is 5.88 Å². The molecular weight excluding hydrogens is 238 g/mol. The lowest BCUT2D eigenvalue weighted by atomic mass is 9.98. The number of rotatable bonds is 4. The largest absolute Gasteiger partial charge is 0.481 e. The van der Waals surface area contributed by atoms with Crippen LogP contribution in [0.3, 0.4) is 0 Å². The van der Waals surface area contributed by atoms with Crippen LogP contribution in [0.4, 0.5) is 0 Å². The number of pyridine rings is 1. The Bertz CT molecular complexity index is 393. The van der Waals surface area contributed by atoms with Crippen molar-refractivity contribution in [3.05, 3.63) is 23.9 Å². The van der Waals surface area contributed by atoms with Gasteiger partial charge in [0.1, 0.15) is 0 Å². The van der Waals surface area contributed by atoms with Crippen molar-refractivity contribution in [2.24, 2.45) is 0 Å². The fourth-order valence-corrected chi connectivity index (χ4v) is 2.58. The van der Waals surface area contributed by atoms with E-state index in [9.17, 15) is 0 Å². The van der Waals surface area contributed by atoms with Crippen molar-refractivity contribution in [3.63, 3.8) is 0 Å². The van der Waals surface area contributed by atoms with E-state index in [1.165, 1.54) is 12.0 Å². The molecule has 106 valence electrons. The van der Waals surface area contributed by atoms with Crippen LogP contribution in [0, 0.1) is 0 Å². The highest BCUT2D eigenvalue weighted by Crippen LogP contribution is 2.17. The number of hydrogen-bond donors (Lipinski definition) is 1. The Labute approximate surface area is 116 Å². The predicted octanol–water partition coefficient (Wildman–Crippen LogP) is 2.05. The molecular formula is C15H25N3O. The lowest BCUT2D eigenvalue weighted by Gasteiger charge is -2.32. The maximum Gasteiger partial charge on any atom is 0.212 e. The molecule has 1 aliphatic rings. The number of nitrogens with one attached hydrogen (secondary N) is 1. The Kier molecular flexibility index (Phi) is 4.77. The second kappa shape index (κ2) is 6.35. The Morgan fingerprint density at radius 2 is 2.32 bits per heavy atom. The first-order chi connectivity index (χ1) is 9.15. The topological polar surface area (TPSA) is 37.4 Å². The molecule has 0 amide bonds. The second-order valence-corrected chi connectivity index (χ2v) is 5.61. The molecule has 2 heterocycles. The quantitative estimate of drug-likeness (QED) is 0.902. The fraction of sp³-hybridized carbons (Fsp3) is 0.667. The molecule has 2 rings (SSSR count). The molecule has 1 aliphatic heterocycles. The average molecular weight is 263 g/mol. The molecule has 4 heteroatoms. The highest BCUT2D eigenvalue weighted by atomic mass is 16.5. The van der Waals surface area contributed by atoms with Gasteiger partial charge in [-0.05, 0) is 38.4 Å². The lowest BCUT2D eigenvalue weighted by Crippen LogP contribution is -2.48. The fourth-order valence-electron chi connectivity index (χ4n) is 2.58. The number of hydrogen-bond acceptors (Lipinski definition) is 4. The minimum Gasteiger partial charge on any atom is -0.481 e. The molecule has 19 heavy (non-hydrogen) atoms. The highest BCUT2D eigenvalue weighted by Gasteiger charge is 2.26. The second-order valence-electron chi connectivity index (χ2n) is 5.61. The van der Waals surface area contributed by atoms with Gasteiger partial charge in [0.2, 0.25) is 5.88 Å². The molecule has 0 aromatic carbocycles. The van der Waals surface area contributed by atoms with Gasteiger partial charge in [0.25, 0.3) is 0 Å². The Balaban J connectivity index is 2.00. The van der Waals surface area contributed by atoms with Crippen LogP contribution >= 0.6 is 0 Å². The van der Waals surface area contributed by atoms with E-state index in [-0.39, 0.29) is 5.54 Å². The Morgan fingerprint density at radius 3 is 2.95 bits per heavy atom. The maximum atomic E-state index is 5.09. The maximum absolute atomic E-state index is 5.09. The van der Waals surface area contributed by atoms with Gasteiger partial charge in [0.05, 0.1) is 7.11 Å². The van der Waals surface area contributed by atoms with Crippen LogP contribution in [0.25, 0.3) is 0 Å². The summed E-state index contributed by atoms with van der Waals surface area (Å²) in [5.41, 5.74) is 1.48. The Morgan fingerprint density at radius 1 is 1.47 bits per heavy atom. The normalized spacial score (nSPS) is 25.0. The number of ether oxygens (including phenoxy) is 1. The molecule has 0 spiro atoms. The third kappa shape index (κ3) is 3.91. The molecule has 0 saturated carbocycles. The van der Waals surface area contributed by atoms with Gasteiger partial charge in [-0.25, -0.2) is 4.98 Å². The van der Waals surface area contributed by atoms with Crippen molar-refractivity contribution in [1.82, 2.24) is 15.2 Å².